The summed E-state index contributed by atoms with van der Waals surface area (Å²) < 4.78 is 0. The minimum atomic E-state index is 0.0334. The maximum Gasteiger partial charge on any atom is 0.254 e. The molecule has 2 N–H and O–H groups in total. The Bertz CT molecular complexity index is 347. The lowest BCUT2D eigenvalue weighted by Crippen LogP contribution is -2.33. The molecule has 0 saturated carbocycles. The first kappa shape index (κ1) is 11.7. The fourth-order valence-electron chi connectivity index (χ4n) is 1.33. The van der Waals surface area contributed by atoms with Crippen molar-refractivity contribution in [3.8, 4) is 0 Å². The second kappa shape index (κ2) is 4.94. The van der Waals surface area contributed by atoms with Crippen LogP contribution >= 0.6 is 0 Å². The topological polar surface area (TPSA) is 46.3 Å². The number of amides is 1. The minimum absolute atomic E-state index is 0.0334. The van der Waals surface area contributed by atoms with E-state index in [2.05, 4.69) is 0 Å². The van der Waals surface area contributed by atoms with Crippen LogP contribution in [-0.4, -0.2) is 23.9 Å². The van der Waals surface area contributed by atoms with Crippen molar-refractivity contribution in [2.75, 3.05) is 7.05 Å². The van der Waals surface area contributed by atoms with Gasteiger partial charge < -0.3 is 10.6 Å². The van der Waals surface area contributed by atoms with Gasteiger partial charge in [-0.05, 0) is 25.5 Å². The molecule has 0 heterocycles. The third kappa shape index (κ3) is 2.57. The Morgan fingerprint density at radius 2 is 2.00 bits per heavy atom. The van der Waals surface area contributed by atoms with E-state index in [1.54, 1.807) is 11.9 Å². The number of hydrogen-bond donors (Lipinski definition) is 1. The van der Waals surface area contributed by atoms with Gasteiger partial charge in [0.15, 0.2) is 0 Å². The summed E-state index contributed by atoms with van der Waals surface area (Å²) in [5.41, 5.74) is 7.20. The van der Waals surface area contributed by atoms with E-state index < -0.39 is 0 Å². The van der Waals surface area contributed by atoms with E-state index in [0.717, 1.165) is 5.56 Å². The van der Waals surface area contributed by atoms with E-state index in [9.17, 15) is 4.79 Å². The molecule has 3 heteroatoms. The molecule has 0 aliphatic carbocycles. The first-order chi connectivity index (χ1) is 7.07. The normalized spacial score (nSPS) is 10.5. The van der Waals surface area contributed by atoms with Gasteiger partial charge in [0.2, 0.25) is 0 Å². The van der Waals surface area contributed by atoms with Gasteiger partial charge in [-0.1, -0.05) is 18.2 Å². The van der Waals surface area contributed by atoms with Crippen LogP contribution in [-0.2, 0) is 6.54 Å². The zero-order chi connectivity index (χ0) is 11.4. The highest BCUT2D eigenvalue weighted by Gasteiger charge is 2.16. The molecule has 0 atom stereocenters. The van der Waals surface area contributed by atoms with E-state index in [-0.39, 0.29) is 11.9 Å². The number of benzene rings is 1. The summed E-state index contributed by atoms with van der Waals surface area (Å²) in [7, 11) is 1.81. The lowest BCUT2D eigenvalue weighted by atomic mass is 10.1. The second-order valence-electron chi connectivity index (χ2n) is 3.87. The van der Waals surface area contributed by atoms with E-state index in [0.29, 0.717) is 12.1 Å². The van der Waals surface area contributed by atoms with Crippen LogP contribution in [0.5, 0.6) is 0 Å². The number of carbonyl (C=O) groups is 1. The molecule has 0 spiro atoms. The van der Waals surface area contributed by atoms with Gasteiger partial charge >= 0.3 is 0 Å². The Morgan fingerprint density at radius 3 is 2.53 bits per heavy atom. The van der Waals surface area contributed by atoms with Crippen LogP contribution in [0.1, 0.15) is 29.8 Å². The predicted octanol–water partition coefficient (Wildman–Crippen LogP) is 1.63. The Hall–Kier alpha value is -1.35. The van der Waals surface area contributed by atoms with Crippen molar-refractivity contribution < 1.29 is 4.79 Å². The van der Waals surface area contributed by atoms with Crippen molar-refractivity contribution in [1.82, 2.24) is 4.90 Å². The first-order valence-electron chi connectivity index (χ1n) is 5.13. The van der Waals surface area contributed by atoms with Crippen molar-refractivity contribution in [2.45, 2.75) is 26.4 Å². The molecule has 0 radical (unpaired) electrons. The van der Waals surface area contributed by atoms with E-state index >= 15 is 0 Å². The van der Waals surface area contributed by atoms with Crippen LogP contribution in [0.25, 0.3) is 0 Å². The zero-order valence-electron chi connectivity index (χ0n) is 9.53. The number of hydrogen-bond acceptors (Lipinski definition) is 2. The van der Waals surface area contributed by atoms with Crippen LogP contribution in [0.4, 0.5) is 0 Å². The lowest BCUT2D eigenvalue weighted by Gasteiger charge is -2.22. The SMILES string of the molecule is CC(C)N(C)C(=O)c1ccccc1CN. The van der Waals surface area contributed by atoms with Gasteiger partial charge in [-0.15, -0.1) is 0 Å². The average molecular weight is 206 g/mol. The van der Waals surface area contributed by atoms with Gasteiger partial charge in [0, 0.05) is 25.2 Å². The van der Waals surface area contributed by atoms with Gasteiger partial charge in [0.25, 0.3) is 5.91 Å². The molecule has 0 fully saturated rings. The van der Waals surface area contributed by atoms with Gasteiger partial charge in [-0.3, -0.25) is 4.79 Å². The van der Waals surface area contributed by atoms with Gasteiger partial charge in [0.05, 0.1) is 0 Å². The van der Waals surface area contributed by atoms with Gasteiger partial charge in [-0.2, -0.15) is 0 Å². The standard InChI is InChI=1S/C12H18N2O/c1-9(2)14(3)12(15)11-7-5-4-6-10(11)8-13/h4-7,9H,8,13H2,1-3H3. The summed E-state index contributed by atoms with van der Waals surface area (Å²) in [4.78, 5) is 13.8. The Kier molecular flexibility index (Phi) is 3.86. The molecule has 1 rings (SSSR count). The summed E-state index contributed by atoms with van der Waals surface area (Å²) >= 11 is 0. The van der Waals surface area contributed by atoms with Crippen LogP contribution < -0.4 is 5.73 Å². The summed E-state index contributed by atoms with van der Waals surface area (Å²) in [6, 6.07) is 7.67. The number of carbonyl (C=O) groups excluding carboxylic acids is 1. The number of nitrogens with zero attached hydrogens (tertiary/aromatic N) is 1. The summed E-state index contributed by atoms with van der Waals surface area (Å²) in [6.45, 7) is 4.37. The van der Waals surface area contributed by atoms with E-state index in [4.69, 9.17) is 5.73 Å². The molecule has 0 aliphatic rings. The molecule has 1 aromatic carbocycles. The fourth-order valence-corrected chi connectivity index (χ4v) is 1.33. The molecule has 0 saturated heterocycles. The number of rotatable bonds is 3. The van der Waals surface area contributed by atoms with Crippen molar-refractivity contribution in [1.29, 1.82) is 0 Å². The molecular weight excluding hydrogens is 188 g/mol. The van der Waals surface area contributed by atoms with Crippen molar-refractivity contribution in [3.63, 3.8) is 0 Å². The quantitative estimate of drug-likeness (QED) is 0.817. The van der Waals surface area contributed by atoms with Crippen LogP contribution in [0, 0.1) is 0 Å². The maximum atomic E-state index is 12.0. The Balaban J connectivity index is 3.00. The van der Waals surface area contributed by atoms with Crippen LogP contribution in [0.2, 0.25) is 0 Å². The molecular formula is C12H18N2O. The number of nitrogens with two attached hydrogens (primary N) is 1. The summed E-state index contributed by atoms with van der Waals surface area (Å²) in [5.74, 6) is 0.0334. The lowest BCUT2D eigenvalue weighted by molar-refractivity contribution is 0.0754. The van der Waals surface area contributed by atoms with E-state index in [1.807, 2.05) is 38.1 Å². The summed E-state index contributed by atoms with van der Waals surface area (Å²) in [5, 5.41) is 0. The fraction of sp³-hybridized carbons (Fsp3) is 0.417. The van der Waals surface area contributed by atoms with Crippen molar-refractivity contribution in [3.05, 3.63) is 35.4 Å². The third-order valence-electron chi connectivity index (χ3n) is 2.56. The van der Waals surface area contributed by atoms with Crippen molar-refractivity contribution >= 4 is 5.91 Å². The van der Waals surface area contributed by atoms with Gasteiger partial charge in [-0.25, -0.2) is 0 Å². The zero-order valence-corrected chi connectivity index (χ0v) is 9.53. The molecule has 15 heavy (non-hydrogen) atoms. The van der Waals surface area contributed by atoms with Crippen LogP contribution in [0.3, 0.4) is 0 Å². The first-order valence-corrected chi connectivity index (χ1v) is 5.13. The third-order valence-corrected chi connectivity index (χ3v) is 2.56. The van der Waals surface area contributed by atoms with E-state index in [1.165, 1.54) is 0 Å². The average Bonchev–Trinajstić information content (AvgIpc) is 2.26. The molecule has 0 aromatic heterocycles. The molecule has 3 nitrogen and oxygen atoms in total. The minimum Gasteiger partial charge on any atom is -0.339 e. The molecule has 0 unspecified atom stereocenters. The maximum absolute atomic E-state index is 12.0. The predicted molar refractivity (Wildman–Crippen MR) is 61.6 cm³/mol. The van der Waals surface area contributed by atoms with Crippen molar-refractivity contribution in [2.24, 2.45) is 5.73 Å². The Labute approximate surface area is 90.9 Å². The highest BCUT2D eigenvalue weighted by Crippen LogP contribution is 2.11. The monoisotopic (exact) mass is 206 g/mol. The molecule has 1 aromatic rings. The van der Waals surface area contributed by atoms with Gasteiger partial charge in [0.1, 0.15) is 0 Å². The smallest absolute Gasteiger partial charge is 0.254 e. The summed E-state index contributed by atoms with van der Waals surface area (Å²) in [6.07, 6.45) is 0. The van der Waals surface area contributed by atoms with Crippen LogP contribution in [0.15, 0.2) is 24.3 Å². The largest absolute Gasteiger partial charge is 0.339 e. The molecule has 82 valence electrons. The molecule has 1 amide bonds. The molecule has 0 bridgehead atoms. The second-order valence-corrected chi connectivity index (χ2v) is 3.87. The highest BCUT2D eigenvalue weighted by molar-refractivity contribution is 5.95. The molecule has 0 aliphatic heterocycles. The highest BCUT2D eigenvalue weighted by atomic mass is 16.2. The Morgan fingerprint density at radius 1 is 1.40 bits per heavy atom.